The third kappa shape index (κ3) is 4.55. The topological polar surface area (TPSA) is 85.8 Å². The van der Waals surface area contributed by atoms with Gasteiger partial charge in [-0.1, -0.05) is 53.8 Å². The molecule has 0 spiro atoms. The number of nitrogens with zero attached hydrogens (tertiary/aromatic N) is 2. The molecular formula is C24H22N2O5S2. The van der Waals surface area contributed by atoms with E-state index in [-0.39, 0.29) is 17.0 Å². The molecular weight excluding hydrogens is 460 g/mol. The third-order valence-electron chi connectivity index (χ3n) is 5.08. The maximum absolute atomic E-state index is 13.8. The lowest BCUT2D eigenvalue weighted by molar-refractivity contribution is 0.0982. The van der Waals surface area contributed by atoms with Crippen molar-refractivity contribution in [3.8, 4) is 11.5 Å². The van der Waals surface area contributed by atoms with E-state index in [9.17, 15) is 13.2 Å². The maximum atomic E-state index is 13.8. The van der Waals surface area contributed by atoms with E-state index in [4.69, 9.17) is 14.5 Å². The predicted molar refractivity (Wildman–Crippen MR) is 129 cm³/mol. The number of carbonyl (C=O) groups excluding carboxylic acids is 1. The molecule has 4 aromatic rings. The third-order valence-corrected chi connectivity index (χ3v) is 7.32. The largest absolute Gasteiger partial charge is 0.495 e. The van der Waals surface area contributed by atoms with Crippen LogP contribution in [0.3, 0.4) is 0 Å². The van der Waals surface area contributed by atoms with Crippen LogP contribution in [0, 0.1) is 0 Å². The minimum atomic E-state index is -3.62. The van der Waals surface area contributed by atoms with E-state index in [1.165, 1.54) is 28.4 Å². The number of rotatable bonds is 7. The number of carbonyl (C=O) groups is 1. The minimum Gasteiger partial charge on any atom is -0.495 e. The molecule has 0 bridgehead atoms. The molecule has 0 atom stereocenters. The Labute approximate surface area is 196 Å². The number of aromatic nitrogens is 1. The zero-order chi connectivity index (χ0) is 23.6. The molecule has 0 unspecified atom stereocenters. The Bertz CT molecular complexity index is 1370. The van der Waals surface area contributed by atoms with Crippen LogP contribution < -0.4 is 14.4 Å². The summed E-state index contributed by atoms with van der Waals surface area (Å²) in [4.78, 5) is 19.9. The number of fused-ring (bicyclic) bond motifs is 1. The lowest BCUT2D eigenvalue weighted by atomic mass is 10.1. The number of hydrogen-bond donors (Lipinski definition) is 0. The van der Waals surface area contributed by atoms with Crippen molar-refractivity contribution in [2.45, 2.75) is 11.4 Å². The highest BCUT2D eigenvalue weighted by molar-refractivity contribution is 7.90. The lowest BCUT2D eigenvalue weighted by Gasteiger charge is -2.21. The summed E-state index contributed by atoms with van der Waals surface area (Å²) in [7, 11) is -0.501. The van der Waals surface area contributed by atoms with Gasteiger partial charge in [0, 0.05) is 6.26 Å². The van der Waals surface area contributed by atoms with E-state index < -0.39 is 15.7 Å². The zero-order valence-electron chi connectivity index (χ0n) is 18.3. The molecule has 170 valence electrons. The SMILES string of the molecule is COc1ccc(OC)c2sc(N(Cc3ccccc3)C(=O)c3ccccc3S(C)(=O)=O)nc12. The van der Waals surface area contributed by atoms with Crippen molar-refractivity contribution >= 4 is 42.4 Å². The minimum absolute atomic E-state index is 0.0238. The second-order valence-corrected chi connectivity index (χ2v) is 10.3. The van der Waals surface area contributed by atoms with E-state index in [1.807, 2.05) is 30.3 Å². The van der Waals surface area contributed by atoms with Crippen LogP contribution in [0.2, 0.25) is 0 Å². The fourth-order valence-electron chi connectivity index (χ4n) is 3.49. The number of sulfone groups is 1. The molecule has 3 aromatic carbocycles. The van der Waals surface area contributed by atoms with Crippen molar-refractivity contribution in [2.75, 3.05) is 25.4 Å². The fourth-order valence-corrected chi connectivity index (χ4v) is 5.45. The number of ether oxygens (including phenoxy) is 2. The lowest BCUT2D eigenvalue weighted by Crippen LogP contribution is -2.31. The molecule has 1 aromatic heterocycles. The molecule has 9 heteroatoms. The number of thiazole rings is 1. The standard InChI is InChI=1S/C24H22N2O5S2/c1-30-18-13-14-19(31-2)22-21(18)25-24(32-22)26(15-16-9-5-4-6-10-16)23(27)17-11-7-8-12-20(17)33(3,28)29/h4-14H,15H2,1-3H3. The number of benzene rings is 3. The smallest absolute Gasteiger partial charge is 0.261 e. The molecule has 0 saturated carbocycles. The van der Waals surface area contributed by atoms with Crippen molar-refractivity contribution in [3.05, 3.63) is 77.9 Å². The molecule has 0 aliphatic heterocycles. The van der Waals surface area contributed by atoms with Gasteiger partial charge in [-0.3, -0.25) is 9.69 Å². The molecule has 4 rings (SSSR count). The van der Waals surface area contributed by atoms with Crippen LogP contribution in [0.15, 0.2) is 71.6 Å². The zero-order valence-corrected chi connectivity index (χ0v) is 19.9. The van der Waals surface area contributed by atoms with Crippen molar-refractivity contribution in [1.82, 2.24) is 4.98 Å². The van der Waals surface area contributed by atoms with Crippen LogP contribution in [0.5, 0.6) is 11.5 Å². The van der Waals surface area contributed by atoms with Gasteiger partial charge >= 0.3 is 0 Å². The number of amides is 1. The van der Waals surface area contributed by atoms with Crippen molar-refractivity contribution in [2.24, 2.45) is 0 Å². The van der Waals surface area contributed by atoms with Gasteiger partial charge < -0.3 is 9.47 Å². The second-order valence-electron chi connectivity index (χ2n) is 7.29. The highest BCUT2D eigenvalue weighted by Gasteiger charge is 2.27. The Balaban J connectivity index is 1.90. The van der Waals surface area contributed by atoms with Gasteiger partial charge in [0.15, 0.2) is 15.0 Å². The maximum Gasteiger partial charge on any atom is 0.261 e. The highest BCUT2D eigenvalue weighted by atomic mass is 32.2. The fraction of sp³-hybridized carbons (Fsp3) is 0.167. The van der Waals surface area contributed by atoms with Gasteiger partial charge in [0.25, 0.3) is 5.91 Å². The molecule has 33 heavy (non-hydrogen) atoms. The number of hydrogen-bond acceptors (Lipinski definition) is 7. The summed E-state index contributed by atoms with van der Waals surface area (Å²) in [5.74, 6) is 0.701. The van der Waals surface area contributed by atoms with Gasteiger partial charge in [0.2, 0.25) is 0 Å². The molecule has 0 fully saturated rings. The van der Waals surface area contributed by atoms with E-state index in [2.05, 4.69) is 0 Å². The summed E-state index contributed by atoms with van der Waals surface area (Å²) in [5.41, 5.74) is 1.54. The first-order chi connectivity index (χ1) is 15.8. The molecule has 1 heterocycles. The summed E-state index contributed by atoms with van der Waals surface area (Å²) in [5, 5.41) is 0.407. The first-order valence-electron chi connectivity index (χ1n) is 10.00. The van der Waals surface area contributed by atoms with Crippen molar-refractivity contribution in [3.63, 3.8) is 0 Å². The Morgan fingerprint density at radius 1 is 0.939 bits per heavy atom. The molecule has 0 radical (unpaired) electrons. The van der Waals surface area contributed by atoms with E-state index in [0.717, 1.165) is 16.5 Å². The Morgan fingerprint density at radius 2 is 1.58 bits per heavy atom. The average Bonchev–Trinajstić information content (AvgIpc) is 3.27. The molecule has 0 saturated heterocycles. The first kappa shape index (κ1) is 22.8. The van der Waals surface area contributed by atoms with Crippen LogP contribution in [0.1, 0.15) is 15.9 Å². The van der Waals surface area contributed by atoms with Crippen molar-refractivity contribution in [1.29, 1.82) is 0 Å². The van der Waals surface area contributed by atoms with E-state index >= 15 is 0 Å². The van der Waals surface area contributed by atoms with Crippen LogP contribution in [-0.4, -0.2) is 39.8 Å². The summed E-state index contributed by atoms with van der Waals surface area (Å²) >= 11 is 1.28. The summed E-state index contributed by atoms with van der Waals surface area (Å²) in [6, 6.07) is 19.2. The average molecular weight is 483 g/mol. The molecule has 0 N–H and O–H groups in total. The number of methoxy groups -OCH3 is 2. The van der Waals surface area contributed by atoms with Crippen LogP contribution in [0.25, 0.3) is 10.2 Å². The van der Waals surface area contributed by atoms with Crippen LogP contribution in [0.4, 0.5) is 5.13 Å². The molecule has 7 nitrogen and oxygen atoms in total. The Kier molecular flexibility index (Phi) is 6.35. The van der Waals surface area contributed by atoms with Crippen LogP contribution in [-0.2, 0) is 16.4 Å². The second kappa shape index (κ2) is 9.21. The van der Waals surface area contributed by atoms with Gasteiger partial charge in [0.1, 0.15) is 21.7 Å². The Hall–Kier alpha value is -3.43. The van der Waals surface area contributed by atoms with Crippen LogP contribution >= 0.6 is 11.3 Å². The Morgan fingerprint density at radius 3 is 2.24 bits per heavy atom. The summed E-state index contributed by atoms with van der Waals surface area (Å²) in [6.45, 7) is 0.211. The normalized spacial score (nSPS) is 11.4. The predicted octanol–water partition coefficient (Wildman–Crippen LogP) is 4.56. The molecule has 1 amide bonds. The highest BCUT2D eigenvalue weighted by Crippen LogP contribution is 2.41. The number of anilines is 1. The summed E-state index contributed by atoms with van der Waals surface area (Å²) in [6.07, 6.45) is 1.09. The molecule has 0 aliphatic rings. The van der Waals surface area contributed by atoms with Gasteiger partial charge in [-0.05, 0) is 29.8 Å². The first-order valence-corrected chi connectivity index (χ1v) is 12.7. The van der Waals surface area contributed by atoms with Gasteiger partial charge in [-0.15, -0.1) is 0 Å². The van der Waals surface area contributed by atoms with E-state index in [1.54, 1.807) is 38.5 Å². The summed E-state index contributed by atoms with van der Waals surface area (Å²) < 4.78 is 36.4. The van der Waals surface area contributed by atoms with Gasteiger partial charge in [-0.2, -0.15) is 0 Å². The quantitative estimate of drug-likeness (QED) is 0.384. The van der Waals surface area contributed by atoms with Gasteiger partial charge in [-0.25, -0.2) is 13.4 Å². The monoisotopic (exact) mass is 482 g/mol. The molecule has 0 aliphatic carbocycles. The van der Waals surface area contributed by atoms with E-state index in [0.29, 0.717) is 22.1 Å². The van der Waals surface area contributed by atoms with Gasteiger partial charge in [0.05, 0.1) is 31.2 Å². The van der Waals surface area contributed by atoms with Crippen molar-refractivity contribution < 1.29 is 22.7 Å².